The van der Waals surface area contributed by atoms with E-state index in [2.05, 4.69) is 34.6 Å². The second-order valence-corrected chi connectivity index (χ2v) is 7.77. The third kappa shape index (κ3) is 5.66. The van der Waals surface area contributed by atoms with Crippen LogP contribution < -0.4 is 10.6 Å². The molecule has 2 amide bonds. The summed E-state index contributed by atoms with van der Waals surface area (Å²) in [4.78, 5) is 28.4. The molecule has 0 bridgehead atoms. The quantitative estimate of drug-likeness (QED) is 0.530. The highest BCUT2D eigenvalue weighted by Gasteiger charge is 2.11. The fourth-order valence-corrected chi connectivity index (χ4v) is 3.53. The number of esters is 1. The summed E-state index contributed by atoms with van der Waals surface area (Å²) in [6, 6.07) is 8.49. The van der Waals surface area contributed by atoms with Gasteiger partial charge < -0.3 is 15.4 Å². The lowest BCUT2D eigenvalue weighted by Gasteiger charge is -2.08. The van der Waals surface area contributed by atoms with E-state index >= 15 is 0 Å². The van der Waals surface area contributed by atoms with Gasteiger partial charge in [-0.15, -0.1) is 11.3 Å². The fraction of sp³-hybridized carbons (Fsp3) is 0.333. The molecular formula is C21H25N5O3S. The molecule has 0 unspecified atom stereocenters. The Labute approximate surface area is 179 Å². The number of urea groups is 1. The molecule has 0 atom stereocenters. The van der Waals surface area contributed by atoms with Crippen molar-refractivity contribution in [1.29, 1.82) is 0 Å². The summed E-state index contributed by atoms with van der Waals surface area (Å²) in [6.07, 6.45) is 2.38. The van der Waals surface area contributed by atoms with Gasteiger partial charge in [-0.3, -0.25) is 0 Å². The summed E-state index contributed by atoms with van der Waals surface area (Å²) in [6.45, 7) is 6.79. The van der Waals surface area contributed by atoms with Gasteiger partial charge in [0.2, 0.25) is 0 Å². The maximum Gasteiger partial charge on any atom is 0.358 e. The predicted octanol–water partition coefficient (Wildman–Crippen LogP) is 3.99. The number of nitrogens with zero attached hydrogens (tertiary/aromatic N) is 3. The number of thiazole rings is 1. The highest BCUT2D eigenvalue weighted by Crippen LogP contribution is 2.19. The summed E-state index contributed by atoms with van der Waals surface area (Å²) in [5, 5.41) is 13.0. The number of rotatable bonds is 8. The molecule has 0 radical (unpaired) electrons. The average Bonchev–Trinajstić information content (AvgIpc) is 3.39. The van der Waals surface area contributed by atoms with Gasteiger partial charge >= 0.3 is 12.0 Å². The maximum atomic E-state index is 12.1. The van der Waals surface area contributed by atoms with Crippen molar-refractivity contribution in [3.8, 4) is 5.69 Å². The van der Waals surface area contributed by atoms with Crippen LogP contribution in [-0.4, -0.2) is 39.9 Å². The number of amides is 2. The molecule has 0 saturated carbocycles. The Morgan fingerprint density at radius 1 is 1.20 bits per heavy atom. The fourth-order valence-electron chi connectivity index (χ4n) is 2.66. The predicted molar refractivity (Wildman–Crippen MR) is 116 cm³/mol. The summed E-state index contributed by atoms with van der Waals surface area (Å²) in [5.74, 6) is -0.0363. The summed E-state index contributed by atoms with van der Waals surface area (Å²) < 4.78 is 6.52. The molecule has 2 N–H and O–H groups in total. The van der Waals surface area contributed by atoms with Crippen LogP contribution in [0.2, 0.25) is 0 Å². The lowest BCUT2D eigenvalue weighted by molar-refractivity contribution is 0.0519. The van der Waals surface area contributed by atoms with Crippen LogP contribution in [0.25, 0.3) is 5.69 Å². The van der Waals surface area contributed by atoms with Crippen molar-refractivity contribution < 1.29 is 14.3 Å². The monoisotopic (exact) mass is 427 g/mol. The van der Waals surface area contributed by atoms with Gasteiger partial charge in [-0.05, 0) is 37.3 Å². The van der Waals surface area contributed by atoms with Crippen LogP contribution in [0.1, 0.15) is 47.9 Å². The molecule has 0 aliphatic rings. The Kier molecular flexibility index (Phi) is 7.18. The first-order valence-electron chi connectivity index (χ1n) is 9.78. The lowest BCUT2D eigenvalue weighted by Crippen LogP contribution is -2.30. The van der Waals surface area contributed by atoms with Crippen molar-refractivity contribution in [2.75, 3.05) is 18.5 Å². The maximum absolute atomic E-state index is 12.1. The molecule has 158 valence electrons. The molecule has 8 nitrogen and oxygen atoms in total. The Morgan fingerprint density at radius 3 is 2.63 bits per heavy atom. The second-order valence-electron chi connectivity index (χ2n) is 6.88. The summed E-state index contributed by atoms with van der Waals surface area (Å²) >= 11 is 1.65. The molecule has 0 saturated heterocycles. The van der Waals surface area contributed by atoms with Crippen LogP contribution in [0.5, 0.6) is 0 Å². The molecule has 2 heterocycles. The van der Waals surface area contributed by atoms with Gasteiger partial charge in [-0.25, -0.2) is 19.3 Å². The van der Waals surface area contributed by atoms with E-state index in [1.807, 2.05) is 5.38 Å². The molecule has 0 aliphatic heterocycles. The highest BCUT2D eigenvalue weighted by molar-refractivity contribution is 7.09. The summed E-state index contributed by atoms with van der Waals surface area (Å²) in [5.41, 5.74) is 2.67. The molecule has 0 aliphatic carbocycles. The number of anilines is 1. The van der Waals surface area contributed by atoms with Gasteiger partial charge in [0.15, 0.2) is 5.69 Å². The smallest absolute Gasteiger partial charge is 0.358 e. The third-order valence-corrected chi connectivity index (χ3v) is 5.39. The van der Waals surface area contributed by atoms with Crippen molar-refractivity contribution in [2.45, 2.75) is 33.1 Å². The highest BCUT2D eigenvalue weighted by atomic mass is 32.1. The molecule has 0 fully saturated rings. The van der Waals surface area contributed by atoms with Crippen molar-refractivity contribution in [3.63, 3.8) is 0 Å². The zero-order chi connectivity index (χ0) is 21.5. The van der Waals surface area contributed by atoms with Crippen LogP contribution in [0.3, 0.4) is 0 Å². The van der Waals surface area contributed by atoms with Crippen molar-refractivity contribution in [1.82, 2.24) is 20.1 Å². The molecule has 3 rings (SSSR count). The van der Waals surface area contributed by atoms with E-state index in [4.69, 9.17) is 4.74 Å². The number of carbonyl (C=O) groups is 2. The van der Waals surface area contributed by atoms with E-state index < -0.39 is 5.97 Å². The molecular weight excluding hydrogens is 402 g/mol. The molecule has 3 aromatic rings. The number of nitrogens with one attached hydrogen (secondary N) is 2. The van der Waals surface area contributed by atoms with Gasteiger partial charge in [0.1, 0.15) is 0 Å². The first-order chi connectivity index (χ1) is 14.5. The van der Waals surface area contributed by atoms with Crippen LogP contribution >= 0.6 is 11.3 Å². The van der Waals surface area contributed by atoms with Gasteiger partial charge in [0, 0.05) is 36.1 Å². The Bertz CT molecular complexity index is 994. The van der Waals surface area contributed by atoms with Crippen LogP contribution in [0.15, 0.2) is 41.9 Å². The van der Waals surface area contributed by atoms with Gasteiger partial charge in [0.25, 0.3) is 0 Å². The molecule has 2 aromatic heterocycles. The number of hydrogen-bond acceptors (Lipinski definition) is 6. The SMILES string of the molecule is CCOC(=O)c1ccn(-c2ccc(NC(=O)NCCc3csc(C(C)C)n3)cc2)n1. The lowest BCUT2D eigenvalue weighted by atomic mass is 10.2. The first kappa shape index (κ1) is 21.5. The average molecular weight is 428 g/mol. The van der Waals surface area contributed by atoms with E-state index in [1.54, 1.807) is 59.5 Å². The molecule has 0 spiro atoms. The first-order valence-corrected chi connectivity index (χ1v) is 10.7. The largest absolute Gasteiger partial charge is 0.461 e. The van der Waals surface area contributed by atoms with Gasteiger partial charge in [-0.2, -0.15) is 5.10 Å². The van der Waals surface area contributed by atoms with E-state index in [0.29, 0.717) is 31.2 Å². The normalized spacial score (nSPS) is 10.8. The molecule has 1 aromatic carbocycles. The van der Waals surface area contributed by atoms with Crippen molar-refractivity contribution in [3.05, 3.63) is 58.3 Å². The number of aromatic nitrogens is 3. The minimum atomic E-state index is -0.454. The zero-order valence-electron chi connectivity index (χ0n) is 17.2. The summed E-state index contributed by atoms with van der Waals surface area (Å²) in [7, 11) is 0. The van der Waals surface area contributed by atoms with E-state index in [-0.39, 0.29) is 11.7 Å². The van der Waals surface area contributed by atoms with Gasteiger partial charge in [-0.1, -0.05) is 13.8 Å². The van der Waals surface area contributed by atoms with Gasteiger partial charge in [0.05, 0.1) is 23.0 Å². The number of carbonyl (C=O) groups excluding carboxylic acids is 2. The molecule has 9 heteroatoms. The minimum Gasteiger partial charge on any atom is -0.461 e. The number of benzene rings is 1. The Morgan fingerprint density at radius 2 is 1.97 bits per heavy atom. The number of ether oxygens (including phenoxy) is 1. The second kappa shape index (κ2) is 10.0. The zero-order valence-corrected chi connectivity index (χ0v) is 18.0. The third-order valence-electron chi connectivity index (χ3n) is 4.19. The van der Waals surface area contributed by atoms with Crippen molar-refractivity contribution in [2.24, 2.45) is 0 Å². The van der Waals surface area contributed by atoms with E-state index in [0.717, 1.165) is 16.4 Å². The number of hydrogen-bond donors (Lipinski definition) is 2. The van der Waals surface area contributed by atoms with Crippen LogP contribution in [0.4, 0.5) is 10.5 Å². The van der Waals surface area contributed by atoms with Crippen LogP contribution in [-0.2, 0) is 11.2 Å². The minimum absolute atomic E-state index is 0.249. The Balaban J connectivity index is 1.49. The van der Waals surface area contributed by atoms with Crippen LogP contribution in [0, 0.1) is 0 Å². The van der Waals surface area contributed by atoms with Crippen molar-refractivity contribution >= 4 is 29.0 Å². The van der Waals surface area contributed by atoms with E-state index in [9.17, 15) is 9.59 Å². The standard InChI is InChI=1S/C21H25N5O3S/c1-4-29-20(27)18-10-12-26(25-18)17-7-5-15(6-8-17)24-21(28)22-11-9-16-13-30-19(23-16)14(2)3/h5-8,10,12-14H,4,9,11H2,1-3H3,(H2,22,24,28). The van der Waals surface area contributed by atoms with E-state index in [1.165, 1.54) is 0 Å². The molecule has 30 heavy (non-hydrogen) atoms. The topological polar surface area (TPSA) is 98.1 Å². The Hall–Kier alpha value is -3.20.